The van der Waals surface area contributed by atoms with Gasteiger partial charge in [-0.25, -0.2) is 0 Å². The second-order valence-electron chi connectivity index (χ2n) is 8.03. The smallest absolute Gasteiger partial charge is 0.263 e. The highest BCUT2D eigenvalue weighted by atomic mass is 16.2. The molecule has 156 valence electrons. The summed E-state index contributed by atoms with van der Waals surface area (Å²) in [4.78, 5) is 63.4. The zero-order chi connectivity index (χ0) is 21.7. The van der Waals surface area contributed by atoms with Crippen molar-refractivity contribution >= 4 is 35.2 Å². The second-order valence-corrected chi connectivity index (χ2v) is 8.03. The van der Waals surface area contributed by atoms with E-state index in [0.29, 0.717) is 11.6 Å². The highest BCUT2D eigenvalue weighted by Gasteiger charge is 2.46. The second kappa shape index (κ2) is 7.16. The van der Waals surface area contributed by atoms with Gasteiger partial charge in [0.15, 0.2) is 0 Å². The Labute approximate surface area is 177 Å². The van der Waals surface area contributed by atoms with Crippen LogP contribution >= 0.6 is 0 Å². The van der Waals surface area contributed by atoms with Crippen LogP contribution in [0.3, 0.4) is 0 Å². The number of nitrogens with zero attached hydrogens (tertiary/aromatic N) is 1. The van der Waals surface area contributed by atoms with E-state index in [1.165, 1.54) is 36.6 Å². The molecule has 2 aromatic rings. The van der Waals surface area contributed by atoms with E-state index in [1.54, 1.807) is 0 Å². The molecule has 1 saturated heterocycles. The number of hydrogen-bond donors (Lipinski definition) is 2. The summed E-state index contributed by atoms with van der Waals surface area (Å²) in [5, 5.41) is 4.93. The molecule has 5 rings (SSSR count). The van der Waals surface area contributed by atoms with Crippen LogP contribution in [0.2, 0.25) is 0 Å². The molecule has 2 heterocycles. The molecule has 5 amide bonds. The van der Waals surface area contributed by atoms with Gasteiger partial charge in [-0.2, -0.15) is 0 Å². The van der Waals surface area contributed by atoms with Crippen molar-refractivity contribution in [3.63, 3.8) is 0 Å². The van der Waals surface area contributed by atoms with Crippen LogP contribution in [0.4, 0.5) is 5.69 Å². The van der Waals surface area contributed by atoms with Crippen molar-refractivity contribution < 1.29 is 24.0 Å². The number of anilines is 1. The first kappa shape index (κ1) is 19.2. The van der Waals surface area contributed by atoms with Gasteiger partial charge >= 0.3 is 0 Å². The molecule has 0 aromatic heterocycles. The minimum atomic E-state index is -1.07. The number of amides is 5. The van der Waals surface area contributed by atoms with Gasteiger partial charge in [0.25, 0.3) is 17.7 Å². The third kappa shape index (κ3) is 3.30. The number of rotatable bonds is 4. The topological polar surface area (TPSA) is 113 Å². The summed E-state index contributed by atoms with van der Waals surface area (Å²) < 4.78 is 0. The van der Waals surface area contributed by atoms with Crippen LogP contribution in [0.5, 0.6) is 0 Å². The third-order valence-electron chi connectivity index (χ3n) is 5.93. The molecule has 2 fully saturated rings. The molecule has 2 aromatic carbocycles. The van der Waals surface area contributed by atoms with Crippen LogP contribution < -0.4 is 10.6 Å². The van der Waals surface area contributed by atoms with Crippen molar-refractivity contribution in [1.82, 2.24) is 10.2 Å². The Morgan fingerprint density at radius 3 is 2.35 bits per heavy atom. The van der Waals surface area contributed by atoms with Crippen molar-refractivity contribution in [2.45, 2.75) is 37.6 Å². The fourth-order valence-electron chi connectivity index (χ4n) is 4.16. The minimum absolute atomic E-state index is 0.0238. The number of imide groups is 2. The van der Waals surface area contributed by atoms with Gasteiger partial charge in [0, 0.05) is 12.1 Å². The maximum Gasteiger partial charge on any atom is 0.263 e. The Morgan fingerprint density at radius 2 is 1.68 bits per heavy atom. The average molecular weight is 417 g/mol. The van der Waals surface area contributed by atoms with Crippen LogP contribution in [0, 0.1) is 0 Å². The summed E-state index contributed by atoms with van der Waals surface area (Å²) in [6.07, 6.45) is 2.46. The first-order chi connectivity index (χ1) is 14.9. The van der Waals surface area contributed by atoms with Gasteiger partial charge in [0.05, 0.1) is 16.7 Å². The fraction of sp³-hybridized carbons (Fsp3) is 0.261. The Bertz CT molecular complexity index is 1150. The lowest BCUT2D eigenvalue weighted by Gasteiger charge is -2.27. The number of hydrogen-bond acceptors (Lipinski definition) is 5. The zero-order valence-electron chi connectivity index (χ0n) is 16.5. The highest BCUT2D eigenvalue weighted by molar-refractivity contribution is 6.27. The first-order valence-electron chi connectivity index (χ1n) is 10.2. The normalized spacial score (nSPS) is 20.5. The number of nitrogens with one attached hydrogen (secondary N) is 2. The number of fused-ring (bicyclic) bond motifs is 1. The van der Waals surface area contributed by atoms with Crippen LogP contribution in [0.25, 0.3) is 0 Å². The molecule has 0 bridgehead atoms. The summed E-state index contributed by atoms with van der Waals surface area (Å²) in [5.41, 5.74) is 1.94. The summed E-state index contributed by atoms with van der Waals surface area (Å²) >= 11 is 0. The van der Waals surface area contributed by atoms with Crippen molar-refractivity contribution in [1.29, 1.82) is 0 Å². The zero-order valence-corrected chi connectivity index (χ0v) is 16.5. The number of carbonyl (C=O) groups excluding carboxylic acids is 5. The largest absolute Gasteiger partial charge is 0.322 e. The van der Waals surface area contributed by atoms with E-state index in [2.05, 4.69) is 10.6 Å². The Morgan fingerprint density at radius 1 is 0.935 bits per heavy atom. The van der Waals surface area contributed by atoms with Gasteiger partial charge in [-0.3, -0.25) is 34.2 Å². The van der Waals surface area contributed by atoms with Gasteiger partial charge in [-0.05, 0) is 55.0 Å². The van der Waals surface area contributed by atoms with E-state index in [0.717, 1.165) is 4.90 Å². The van der Waals surface area contributed by atoms with Crippen LogP contribution in [0.15, 0.2) is 42.5 Å². The van der Waals surface area contributed by atoms with E-state index in [1.807, 2.05) is 24.3 Å². The Kier molecular flexibility index (Phi) is 4.43. The predicted molar refractivity (Wildman–Crippen MR) is 109 cm³/mol. The van der Waals surface area contributed by atoms with Crippen molar-refractivity contribution in [3.8, 4) is 0 Å². The Balaban J connectivity index is 1.41. The average Bonchev–Trinajstić information content (AvgIpc) is 3.57. The van der Waals surface area contributed by atoms with E-state index in [9.17, 15) is 24.0 Å². The van der Waals surface area contributed by atoms with E-state index in [-0.39, 0.29) is 29.5 Å². The summed E-state index contributed by atoms with van der Waals surface area (Å²) in [6.45, 7) is 0. The van der Waals surface area contributed by atoms with E-state index in [4.69, 9.17) is 0 Å². The molecule has 3 aliphatic rings. The summed E-state index contributed by atoms with van der Waals surface area (Å²) in [6, 6.07) is 11.0. The quantitative estimate of drug-likeness (QED) is 0.741. The number of carbonyl (C=O) groups is 5. The van der Waals surface area contributed by atoms with Gasteiger partial charge in [-0.15, -0.1) is 0 Å². The molecule has 1 aliphatic carbocycles. The Hall–Kier alpha value is -3.81. The van der Waals surface area contributed by atoms with Gasteiger partial charge in [0.2, 0.25) is 11.8 Å². The molecular formula is C23H19N3O5. The van der Waals surface area contributed by atoms with Crippen LogP contribution in [-0.2, 0) is 9.59 Å². The van der Waals surface area contributed by atoms with Crippen LogP contribution in [-0.4, -0.2) is 40.5 Å². The van der Waals surface area contributed by atoms with Crippen molar-refractivity contribution in [2.75, 3.05) is 5.32 Å². The van der Waals surface area contributed by atoms with Crippen LogP contribution in [0.1, 0.15) is 68.2 Å². The van der Waals surface area contributed by atoms with Crippen molar-refractivity contribution in [3.05, 3.63) is 64.7 Å². The molecule has 1 unspecified atom stereocenters. The maximum atomic E-state index is 13.1. The highest BCUT2D eigenvalue weighted by Crippen LogP contribution is 2.40. The molecular weight excluding hydrogens is 398 g/mol. The molecule has 8 nitrogen and oxygen atoms in total. The maximum absolute atomic E-state index is 13.1. The van der Waals surface area contributed by atoms with Gasteiger partial charge in [-0.1, -0.05) is 18.2 Å². The molecule has 2 N–H and O–H groups in total. The molecule has 0 spiro atoms. The SMILES string of the molecule is O=C1CCC(N2C(=O)c3cccc(C(=O)Nc4ccc(C5CC5)cc4)c3C2=O)C(=O)N1. The standard InChI is InChI=1S/C23H19N3O5/c27-18-11-10-17(21(29)25-18)26-22(30)16-3-1-2-15(19(16)23(26)31)20(28)24-14-8-6-13(7-9-14)12-4-5-12/h1-3,6-9,12,17H,4-5,10-11H2,(H,24,28)(H,25,27,29). The lowest BCUT2D eigenvalue weighted by Crippen LogP contribution is -2.54. The lowest BCUT2D eigenvalue weighted by molar-refractivity contribution is -0.136. The summed E-state index contributed by atoms with van der Waals surface area (Å²) in [5.74, 6) is -2.38. The third-order valence-corrected chi connectivity index (χ3v) is 5.93. The molecule has 2 aliphatic heterocycles. The van der Waals surface area contributed by atoms with Gasteiger partial charge in [0.1, 0.15) is 6.04 Å². The van der Waals surface area contributed by atoms with E-state index >= 15 is 0 Å². The van der Waals surface area contributed by atoms with Gasteiger partial charge < -0.3 is 5.32 Å². The number of benzene rings is 2. The fourth-order valence-corrected chi connectivity index (χ4v) is 4.16. The molecule has 8 heteroatoms. The number of piperidine rings is 1. The molecule has 0 radical (unpaired) electrons. The van der Waals surface area contributed by atoms with Crippen molar-refractivity contribution in [2.24, 2.45) is 0 Å². The minimum Gasteiger partial charge on any atom is -0.322 e. The summed E-state index contributed by atoms with van der Waals surface area (Å²) in [7, 11) is 0. The lowest BCUT2D eigenvalue weighted by atomic mass is 10.0. The monoisotopic (exact) mass is 417 g/mol. The van der Waals surface area contributed by atoms with E-state index < -0.39 is 35.6 Å². The first-order valence-corrected chi connectivity index (χ1v) is 10.2. The molecule has 31 heavy (non-hydrogen) atoms. The molecule has 1 atom stereocenters. The molecule has 1 saturated carbocycles. The predicted octanol–water partition coefficient (Wildman–Crippen LogP) is 2.22.